The Morgan fingerprint density at radius 2 is 2.00 bits per heavy atom. The van der Waals surface area contributed by atoms with Crippen LogP contribution in [0.4, 0.5) is 0 Å². The van der Waals surface area contributed by atoms with Crippen LogP contribution in [-0.4, -0.2) is 7.11 Å². The standard InChI is InChI=1S/C10H13BrO/c1-7-4-5-9(6-11)10(12-3)8(7)2/h4-5H,6H2,1-3H3. The average Bonchev–Trinajstić information content (AvgIpc) is 2.09. The maximum Gasteiger partial charge on any atom is 0.126 e. The Balaban J connectivity index is 3.25. The van der Waals surface area contributed by atoms with E-state index in [1.54, 1.807) is 7.11 Å². The average molecular weight is 229 g/mol. The molecule has 2 heteroatoms. The Bertz CT molecular complexity index is 281. The third-order valence-electron chi connectivity index (χ3n) is 2.11. The van der Waals surface area contributed by atoms with Gasteiger partial charge >= 0.3 is 0 Å². The first-order valence-electron chi connectivity index (χ1n) is 3.89. The van der Waals surface area contributed by atoms with E-state index >= 15 is 0 Å². The number of hydrogen-bond acceptors (Lipinski definition) is 1. The molecule has 0 atom stereocenters. The molecule has 0 aliphatic rings. The summed E-state index contributed by atoms with van der Waals surface area (Å²) in [5.41, 5.74) is 3.71. The summed E-state index contributed by atoms with van der Waals surface area (Å²) in [7, 11) is 1.72. The van der Waals surface area contributed by atoms with Crippen LogP contribution >= 0.6 is 15.9 Å². The van der Waals surface area contributed by atoms with Crippen molar-refractivity contribution in [1.82, 2.24) is 0 Å². The van der Waals surface area contributed by atoms with Crippen LogP contribution in [0.5, 0.6) is 5.75 Å². The van der Waals surface area contributed by atoms with Crippen molar-refractivity contribution in [1.29, 1.82) is 0 Å². The lowest BCUT2D eigenvalue weighted by Gasteiger charge is -2.11. The largest absolute Gasteiger partial charge is 0.496 e. The zero-order valence-electron chi connectivity index (χ0n) is 7.65. The quantitative estimate of drug-likeness (QED) is 0.707. The summed E-state index contributed by atoms with van der Waals surface area (Å²) in [6.45, 7) is 4.18. The molecule has 1 nitrogen and oxygen atoms in total. The van der Waals surface area contributed by atoms with Crippen LogP contribution in [0.2, 0.25) is 0 Å². The van der Waals surface area contributed by atoms with Crippen molar-refractivity contribution in [2.75, 3.05) is 7.11 Å². The Morgan fingerprint density at radius 3 is 2.50 bits per heavy atom. The Morgan fingerprint density at radius 1 is 1.33 bits per heavy atom. The zero-order valence-corrected chi connectivity index (χ0v) is 9.23. The molecule has 0 saturated heterocycles. The topological polar surface area (TPSA) is 9.23 Å². The van der Waals surface area contributed by atoms with E-state index in [4.69, 9.17) is 4.74 Å². The molecule has 66 valence electrons. The van der Waals surface area contributed by atoms with Gasteiger partial charge in [-0.15, -0.1) is 0 Å². The number of aryl methyl sites for hydroxylation is 1. The van der Waals surface area contributed by atoms with Gasteiger partial charge in [-0.25, -0.2) is 0 Å². The number of rotatable bonds is 2. The molecular weight excluding hydrogens is 216 g/mol. The summed E-state index contributed by atoms with van der Waals surface area (Å²) >= 11 is 3.43. The van der Waals surface area contributed by atoms with Crippen LogP contribution in [-0.2, 0) is 5.33 Å². The normalized spacial score (nSPS) is 10.0. The molecule has 0 spiro atoms. The van der Waals surface area contributed by atoms with Gasteiger partial charge < -0.3 is 4.74 Å². The molecule has 0 radical (unpaired) electrons. The highest BCUT2D eigenvalue weighted by Crippen LogP contribution is 2.27. The molecule has 0 fully saturated rings. The van der Waals surface area contributed by atoms with Gasteiger partial charge in [0.05, 0.1) is 7.11 Å². The van der Waals surface area contributed by atoms with Crippen LogP contribution in [0, 0.1) is 13.8 Å². The van der Waals surface area contributed by atoms with E-state index in [1.165, 1.54) is 16.7 Å². The molecule has 0 aliphatic carbocycles. The van der Waals surface area contributed by atoms with Gasteiger partial charge in [0.15, 0.2) is 0 Å². The first-order chi connectivity index (χ1) is 5.70. The van der Waals surface area contributed by atoms with E-state index in [-0.39, 0.29) is 0 Å². The van der Waals surface area contributed by atoms with Crippen molar-refractivity contribution >= 4 is 15.9 Å². The van der Waals surface area contributed by atoms with Gasteiger partial charge in [-0.3, -0.25) is 0 Å². The van der Waals surface area contributed by atoms with Crippen LogP contribution in [0.3, 0.4) is 0 Å². The van der Waals surface area contributed by atoms with Gasteiger partial charge in [-0.2, -0.15) is 0 Å². The molecule has 1 aromatic carbocycles. The SMILES string of the molecule is COc1c(CBr)ccc(C)c1C. The Labute approximate surface area is 81.9 Å². The molecule has 0 aromatic heterocycles. The number of alkyl halides is 1. The van der Waals surface area contributed by atoms with E-state index in [1.807, 2.05) is 0 Å². The lowest BCUT2D eigenvalue weighted by molar-refractivity contribution is 0.408. The van der Waals surface area contributed by atoms with Gasteiger partial charge in [0, 0.05) is 10.9 Å². The van der Waals surface area contributed by atoms with E-state index < -0.39 is 0 Å². The van der Waals surface area contributed by atoms with Crippen molar-refractivity contribution < 1.29 is 4.74 Å². The minimum atomic E-state index is 0.845. The lowest BCUT2D eigenvalue weighted by Crippen LogP contribution is -1.94. The van der Waals surface area contributed by atoms with Crippen molar-refractivity contribution in [3.63, 3.8) is 0 Å². The molecule has 0 unspecified atom stereocenters. The lowest BCUT2D eigenvalue weighted by atomic mass is 10.1. The predicted octanol–water partition coefficient (Wildman–Crippen LogP) is 3.21. The van der Waals surface area contributed by atoms with Crippen LogP contribution in [0.25, 0.3) is 0 Å². The van der Waals surface area contributed by atoms with Gasteiger partial charge in [0.1, 0.15) is 5.75 Å². The Kier molecular flexibility index (Phi) is 3.15. The predicted molar refractivity (Wildman–Crippen MR) is 55.1 cm³/mol. The Hall–Kier alpha value is -0.500. The fourth-order valence-corrected chi connectivity index (χ4v) is 1.68. The summed E-state index contributed by atoms with van der Waals surface area (Å²) in [6.07, 6.45) is 0. The van der Waals surface area contributed by atoms with Crippen molar-refractivity contribution in [2.45, 2.75) is 19.2 Å². The first kappa shape index (κ1) is 9.59. The second-order valence-electron chi connectivity index (χ2n) is 2.83. The summed E-state index contributed by atoms with van der Waals surface area (Å²) in [5.74, 6) is 1.01. The van der Waals surface area contributed by atoms with Crippen LogP contribution in [0.15, 0.2) is 12.1 Å². The number of benzene rings is 1. The smallest absolute Gasteiger partial charge is 0.126 e. The highest BCUT2D eigenvalue weighted by molar-refractivity contribution is 9.08. The monoisotopic (exact) mass is 228 g/mol. The van der Waals surface area contributed by atoms with Crippen molar-refractivity contribution in [2.24, 2.45) is 0 Å². The van der Waals surface area contributed by atoms with Gasteiger partial charge in [0.25, 0.3) is 0 Å². The molecule has 0 N–H and O–H groups in total. The van der Waals surface area contributed by atoms with E-state index in [0.717, 1.165) is 11.1 Å². The molecule has 12 heavy (non-hydrogen) atoms. The maximum atomic E-state index is 5.32. The summed E-state index contributed by atoms with van der Waals surface area (Å²) < 4.78 is 5.32. The first-order valence-corrected chi connectivity index (χ1v) is 5.02. The van der Waals surface area contributed by atoms with Gasteiger partial charge in [0.2, 0.25) is 0 Å². The second kappa shape index (κ2) is 3.94. The number of halogens is 1. The van der Waals surface area contributed by atoms with Gasteiger partial charge in [-0.05, 0) is 25.0 Å². The highest BCUT2D eigenvalue weighted by Gasteiger charge is 2.06. The summed E-state index contributed by atoms with van der Waals surface area (Å²) in [4.78, 5) is 0. The molecular formula is C10H13BrO. The summed E-state index contributed by atoms with van der Waals surface area (Å²) in [6, 6.07) is 4.21. The molecule has 1 rings (SSSR count). The van der Waals surface area contributed by atoms with Crippen molar-refractivity contribution in [3.05, 3.63) is 28.8 Å². The maximum absolute atomic E-state index is 5.32. The molecule has 0 aliphatic heterocycles. The fourth-order valence-electron chi connectivity index (χ4n) is 1.24. The molecule has 0 amide bonds. The molecule has 0 bridgehead atoms. The third-order valence-corrected chi connectivity index (χ3v) is 2.71. The minimum absolute atomic E-state index is 0.845. The zero-order chi connectivity index (χ0) is 9.14. The number of ether oxygens (including phenoxy) is 1. The van der Waals surface area contributed by atoms with Crippen LogP contribution in [0.1, 0.15) is 16.7 Å². The fraction of sp³-hybridized carbons (Fsp3) is 0.400. The summed E-state index contributed by atoms with van der Waals surface area (Å²) in [5, 5.41) is 0.845. The molecule has 0 heterocycles. The number of methoxy groups -OCH3 is 1. The van der Waals surface area contributed by atoms with E-state index in [9.17, 15) is 0 Å². The van der Waals surface area contributed by atoms with Gasteiger partial charge in [-0.1, -0.05) is 28.1 Å². The second-order valence-corrected chi connectivity index (χ2v) is 3.39. The van der Waals surface area contributed by atoms with Crippen molar-refractivity contribution in [3.8, 4) is 5.75 Å². The van der Waals surface area contributed by atoms with E-state index in [2.05, 4.69) is 41.9 Å². The van der Waals surface area contributed by atoms with E-state index in [0.29, 0.717) is 0 Å². The van der Waals surface area contributed by atoms with Crippen LogP contribution < -0.4 is 4.74 Å². The molecule has 1 aromatic rings. The highest BCUT2D eigenvalue weighted by atomic mass is 79.9. The number of hydrogen-bond donors (Lipinski definition) is 0. The minimum Gasteiger partial charge on any atom is -0.496 e. The third kappa shape index (κ3) is 1.63. The molecule has 0 saturated carbocycles.